The van der Waals surface area contributed by atoms with Crippen LogP contribution in [0.2, 0.25) is 0 Å². The van der Waals surface area contributed by atoms with Crippen molar-refractivity contribution in [1.29, 1.82) is 5.26 Å². The first kappa shape index (κ1) is 13.8. The second-order valence-electron chi connectivity index (χ2n) is 4.56. The number of Topliss-reactive ketones (excluding diaryl/α,β-unsaturated/α-hetero) is 1. The van der Waals surface area contributed by atoms with Crippen molar-refractivity contribution in [1.82, 2.24) is 0 Å². The van der Waals surface area contributed by atoms with Gasteiger partial charge in [0.2, 0.25) is 0 Å². The number of para-hydroxylation sites is 1. The van der Waals surface area contributed by atoms with Crippen LogP contribution in [0.4, 0.5) is 0 Å². The van der Waals surface area contributed by atoms with Gasteiger partial charge >= 0.3 is 0 Å². The summed E-state index contributed by atoms with van der Waals surface area (Å²) >= 11 is 0. The van der Waals surface area contributed by atoms with Gasteiger partial charge in [-0.25, -0.2) is 0 Å². The van der Waals surface area contributed by atoms with Crippen LogP contribution in [0.5, 0.6) is 11.5 Å². The maximum Gasteiger partial charge on any atom is 0.145 e. The second-order valence-corrected chi connectivity index (χ2v) is 4.56. The van der Waals surface area contributed by atoms with E-state index in [1.165, 1.54) is 0 Å². The topological polar surface area (TPSA) is 50.1 Å². The molecule has 0 saturated heterocycles. The van der Waals surface area contributed by atoms with Gasteiger partial charge in [-0.1, -0.05) is 24.3 Å². The van der Waals surface area contributed by atoms with Crippen molar-refractivity contribution >= 4 is 5.78 Å². The van der Waals surface area contributed by atoms with Gasteiger partial charge in [0.1, 0.15) is 23.4 Å². The van der Waals surface area contributed by atoms with Gasteiger partial charge in [0.15, 0.2) is 0 Å². The minimum atomic E-state index is 0.188. The molecule has 100 valence electrons. The standard InChI is InChI=1S/C17H15NO2/c1-13(19)6-7-14-8-10-16(11-9-14)20-17-5-3-2-4-15(17)12-18/h2-5,8-11H,6-7H2,1H3. The van der Waals surface area contributed by atoms with Gasteiger partial charge in [0.05, 0.1) is 5.56 Å². The van der Waals surface area contributed by atoms with E-state index in [1.807, 2.05) is 30.3 Å². The van der Waals surface area contributed by atoms with E-state index in [9.17, 15) is 4.79 Å². The van der Waals surface area contributed by atoms with Crippen molar-refractivity contribution in [3.05, 3.63) is 59.7 Å². The molecule has 0 heterocycles. The maximum absolute atomic E-state index is 10.9. The predicted molar refractivity (Wildman–Crippen MR) is 76.7 cm³/mol. The number of benzene rings is 2. The molecule has 0 N–H and O–H groups in total. The van der Waals surface area contributed by atoms with Crippen LogP contribution in [0.25, 0.3) is 0 Å². The lowest BCUT2D eigenvalue weighted by molar-refractivity contribution is -0.116. The van der Waals surface area contributed by atoms with Gasteiger partial charge in [0.25, 0.3) is 0 Å². The average molecular weight is 265 g/mol. The van der Waals surface area contributed by atoms with Crippen molar-refractivity contribution in [3.63, 3.8) is 0 Å². The second kappa shape index (κ2) is 6.53. The van der Waals surface area contributed by atoms with Gasteiger partial charge < -0.3 is 9.53 Å². The van der Waals surface area contributed by atoms with E-state index in [0.717, 1.165) is 12.0 Å². The Labute approximate surface area is 118 Å². The molecule has 20 heavy (non-hydrogen) atoms. The van der Waals surface area contributed by atoms with E-state index in [-0.39, 0.29) is 5.78 Å². The number of aryl methyl sites for hydroxylation is 1. The molecule has 0 unspecified atom stereocenters. The van der Waals surface area contributed by atoms with Gasteiger partial charge in [-0.3, -0.25) is 0 Å². The van der Waals surface area contributed by atoms with E-state index >= 15 is 0 Å². The van der Waals surface area contributed by atoms with Crippen molar-refractivity contribution in [3.8, 4) is 17.6 Å². The number of nitrogens with zero attached hydrogens (tertiary/aromatic N) is 1. The summed E-state index contributed by atoms with van der Waals surface area (Å²) in [5.41, 5.74) is 1.61. The maximum atomic E-state index is 10.9. The highest BCUT2D eigenvalue weighted by atomic mass is 16.5. The molecular formula is C17H15NO2. The molecule has 0 atom stereocenters. The third-order valence-corrected chi connectivity index (χ3v) is 2.92. The molecule has 0 aliphatic heterocycles. The molecule has 2 rings (SSSR count). The Balaban J connectivity index is 2.07. The largest absolute Gasteiger partial charge is 0.456 e. The summed E-state index contributed by atoms with van der Waals surface area (Å²) in [5, 5.41) is 9.00. The van der Waals surface area contributed by atoms with Crippen LogP contribution in [0.1, 0.15) is 24.5 Å². The summed E-state index contributed by atoms with van der Waals surface area (Å²) in [6.45, 7) is 1.59. The smallest absolute Gasteiger partial charge is 0.145 e. The first-order valence-electron chi connectivity index (χ1n) is 6.44. The van der Waals surface area contributed by atoms with E-state index in [1.54, 1.807) is 25.1 Å². The van der Waals surface area contributed by atoms with Crippen LogP contribution >= 0.6 is 0 Å². The highest BCUT2D eigenvalue weighted by Crippen LogP contribution is 2.25. The van der Waals surface area contributed by atoms with Crippen molar-refractivity contribution < 1.29 is 9.53 Å². The first-order valence-corrected chi connectivity index (χ1v) is 6.44. The Kier molecular flexibility index (Phi) is 4.52. The zero-order valence-electron chi connectivity index (χ0n) is 11.3. The molecule has 0 spiro atoms. The molecule has 0 bridgehead atoms. The molecule has 3 nitrogen and oxygen atoms in total. The summed E-state index contributed by atoms with van der Waals surface area (Å²) in [7, 11) is 0. The lowest BCUT2D eigenvalue weighted by Gasteiger charge is -2.07. The molecule has 0 saturated carbocycles. The molecule has 0 aliphatic rings. The third-order valence-electron chi connectivity index (χ3n) is 2.92. The monoisotopic (exact) mass is 265 g/mol. The van der Waals surface area contributed by atoms with E-state index in [4.69, 9.17) is 10.00 Å². The minimum absolute atomic E-state index is 0.188. The Bertz CT molecular complexity index is 639. The molecule has 2 aromatic rings. The predicted octanol–water partition coefficient (Wildman–Crippen LogP) is 3.87. The summed E-state index contributed by atoms with van der Waals surface area (Å²) in [4.78, 5) is 10.9. The SMILES string of the molecule is CC(=O)CCc1ccc(Oc2ccccc2C#N)cc1. The number of ketones is 1. The van der Waals surface area contributed by atoms with Crippen molar-refractivity contribution in [2.75, 3.05) is 0 Å². The van der Waals surface area contributed by atoms with Crippen LogP contribution in [-0.4, -0.2) is 5.78 Å². The van der Waals surface area contributed by atoms with Crippen LogP contribution in [-0.2, 0) is 11.2 Å². The minimum Gasteiger partial charge on any atom is -0.456 e. The fraction of sp³-hybridized carbons (Fsp3) is 0.176. The van der Waals surface area contributed by atoms with E-state index in [0.29, 0.717) is 23.5 Å². The van der Waals surface area contributed by atoms with Crippen LogP contribution in [0.15, 0.2) is 48.5 Å². The number of rotatable bonds is 5. The zero-order valence-corrected chi connectivity index (χ0v) is 11.3. The highest BCUT2D eigenvalue weighted by molar-refractivity contribution is 5.75. The number of carbonyl (C=O) groups is 1. The summed E-state index contributed by atoms with van der Waals surface area (Å²) in [5.74, 6) is 1.42. The fourth-order valence-electron chi connectivity index (χ4n) is 1.82. The molecule has 0 radical (unpaired) electrons. The van der Waals surface area contributed by atoms with Crippen LogP contribution in [0, 0.1) is 11.3 Å². The Morgan fingerprint density at radius 1 is 1.15 bits per heavy atom. The summed E-state index contributed by atoms with van der Waals surface area (Å²) < 4.78 is 5.69. The van der Waals surface area contributed by atoms with Crippen LogP contribution in [0.3, 0.4) is 0 Å². The Morgan fingerprint density at radius 2 is 1.85 bits per heavy atom. The molecule has 0 aliphatic carbocycles. The molecular weight excluding hydrogens is 250 g/mol. The molecule has 0 fully saturated rings. The van der Waals surface area contributed by atoms with Gasteiger partial charge in [-0.2, -0.15) is 5.26 Å². The molecule has 0 aromatic heterocycles. The average Bonchev–Trinajstić information content (AvgIpc) is 2.47. The lowest BCUT2D eigenvalue weighted by Crippen LogP contribution is -1.94. The summed E-state index contributed by atoms with van der Waals surface area (Å²) in [6.07, 6.45) is 1.29. The molecule has 3 heteroatoms. The number of nitriles is 1. The molecule has 2 aromatic carbocycles. The third kappa shape index (κ3) is 3.69. The quantitative estimate of drug-likeness (QED) is 0.824. The van der Waals surface area contributed by atoms with Gasteiger partial charge in [-0.15, -0.1) is 0 Å². The highest BCUT2D eigenvalue weighted by Gasteiger charge is 2.03. The van der Waals surface area contributed by atoms with Crippen molar-refractivity contribution in [2.45, 2.75) is 19.8 Å². The Morgan fingerprint density at radius 3 is 2.50 bits per heavy atom. The number of hydrogen-bond acceptors (Lipinski definition) is 3. The fourth-order valence-corrected chi connectivity index (χ4v) is 1.82. The van der Waals surface area contributed by atoms with Crippen molar-refractivity contribution in [2.24, 2.45) is 0 Å². The van der Waals surface area contributed by atoms with Gasteiger partial charge in [-0.05, 0) is 43.2 Å². The van der Waals surface area contributed by atoms with E-state index < -0.39 is 0 Å². The lowest BCUT2D eigenvalue weighted by atomic mass is 10.1. The van der Waals surface area contributed by atoms with E-state index in [2.05, 4.69) is 6.07 Å². The zero-order chi connectivity index (χ0) is 14.4. The molecule has 0 amide bonds. The summed E-state index contributed by atoms with van der Waals surface area (Å²) in [6, 6.07) is 16.8. The number of hydrogen-bond donors (Lipinski definition) is 0. The number of carbonyl (C=O) groups excluding carboxylic acids is 1. The Hall–Kier alpha value is -2.60. The van der Waals surface area contributed by atoms with Crippen LogP contribution < -0.4 is 4.74 Å². The first-order chi connectivity index (χ1) is 9.69. The normalized spacial score (nSPS) is 9.80. The number of ether oxygens (including phenoxy) is 1. The van der Waals surface area contributed by atoms with Gasteiger partial charge in [0, 0.05) is 6.42 Å².